The molecular weight excluding hydrogens is 632 g/mol. The zero-order chi connectivity index (χ0) is 36.2. The van der Waals surface area contributed by atoms with Crippen molar-refractivity contribution in [3.63, 3.8) is 0 Å². The standard InChI is InChI=1S/C35H50N6O8/c1-8-47-33(46)41-21-19-40(20-22-41)32(45)25(16-17-29(43)49-35(5,6)7)38-31(44)26-23-27(36-18-12-15-28(42)48-34(2,3)4)39-30(37-26)24-13-10-9-11-14-24/h9-11,13-14,23,25H,8,12,15-22H2,1-7H3,(H,38,44)(H,36,37,39). The molecule has 2 N–H and O–H groups in total. The molecule has 0 saturated carbocycles. The molecule has 0 radical (unpaired) electrons. The lowest BCUT2D eigenvalue weighted by atomic mass is 10.1. The highest BCUT2D eigenvalue weighted by molar-refractivity contribution is 5.97. The maximum absolute atomic E-state index is 13.8. The van der Waals surface area contributed by atoms with Gasteiger partial charge in [0.2, 0.25) is 5.91 Å². The third-order valence-corrected chi connectivity index (χ3v) is 7.05. The number of amides is 3. The summed E-state index contributed by atoms with van der Waals surface area (Å²) in [6.45, 7) is 14.0. The van der Waals surface area contributed by atoms with Gasteiger partial charge in [0.1, 0.15) is 28.8 Å². The molecule has 49 heavy (non-hydrogen) atoms. The number of esters is 2. The van der Waals surface area contributed by atoms with Crippen molar-refractivity contribution in [3.05, 3.63) is 42.1 Å². The normalized spacial score (nSPS) is 14.0. The highest BCUT2D eigenvalue weighted by Gasteiger charge is 2.32. The number of nitrogens with zero attached hydrogens (tertiary/aromatic N) is 4. The van der Waals surface area contributed by atoms with Crippen molar-refractivity contribution in [1.29, 1.82) is 0 Å². The lowest BCUT2D eigenvalue weighted by Gasteiger charge is -2.36. The monoisotopic (exact) mass is 682 g/mol. The molecule has 1 aliphatic rings. The van der Waals surface area contributed by atoms with Gasteiger partial charge in [0.15, 0.2) is 5.82 Å². The summed E-state index contributed by atoms with van der Waals surface area (Å²) < 4.78 is 15.9. The Bertz CT molecular complexity index is 1450. The first-order chi connectivity index (χ1) is 23.0. The van der Waals surface area contributed by atoms with E-state index in [1.807, 2.05) is 51.1 Å². The molecule has 268 valence electrons. The predicted octanol–water partition coefficient (Wildman–Crippen LogP) is 4.20. The van der Waals surface area contributed by atoms with E-state index in [2.05, 4.69) is 20.6 Å². The average molecular weight is 683 g/mol. The summed E-state index contributed by atoms with van der Waals surface area (Å²) in [5.74, 6) is -1.20. The Labute approximate surface area is 288 Å². The molecule has 2 heterocycles. The third-order valence-electron chi connectivity index (χ3n) is 7.05. The smallest absolute Gasteiger partial charge is 0.409 e. The van der Waals surface area contributed by atoms with Gasteiger partial charge in [0.25, 0.3) is 5.91 Å². The summed E-state index contributed by atoms with van der Waals surface area (Å²) in [4.78, 5) is 76.6. The second-order valence-corrected chi connectivity index (χ2v) is 13.6. The molecule has 2 aromatic rings. The molecule has 1 aromatic heterocycles. The van der Waals surface area contributed by atoms with Crippen LogP contribution in [-0.4, -0.2) is 106 Å². The van der Waals surface area contributed by atoms with Gasteiger partial charge >= 0.3 is 18.0 Å². The molecule has 1 saturated heterocycles. The predicted molar refractivity (Wildman–Crippen MR) is 183 cm³/mol. The van der Waals surface area contributed by atoms with Gasteiger partial charge < -0.3 is 34.6 Å². The number of benzene rings is 1. The van der Waals surface area contributed by atoms with Gasteiger partial charge in [-0.3, -0.25) is 19.2 Å². The number of hydrogen-bond donors (Lipinski definition) is 2. The fraction of sp³-hybridized carbons (Fsp3) is 0.571. The van der Waals surface area contributed by atoms with E-state index in [4.69, 9.17) is 14.2 Å². The van der Waals surface area contributed by atoms with Crippen LogP contribution in [0.15, 0.2) is 36.4 Å². The number of nitrogens with one attached hydrogen (secondary N) is 2. The van der Waals surface area contributed by atoms with Crippen molar-refractivity contribution in [2.75, 3.05) is 44.6 Å². The molecule has 1 unspecified atom stereocenters. The van der Waals surface area contributed by atoms with Gasteiger partial charge in [-0.1, -0.05) is 30.3 Å². The number of aromatic nitrogens is 2. The minimum absolute atomic E-state index is 0.00527. The molecule has 3 rings (SSSR count). The van der Waals surface area contributed by atoms with Crippen LogP contribution in [0.5, 0.6) is 0 Å². The number of hydrogen-bond acceptors (Lipinski definition) is 11. The Kier molecular flexibility index (Phi) is 13.9. The highest BCUT2D eigenvalue weighted by atomic mass is 16.6. The number of ether oxygens (including phenoxy) is 3. The van der Waals surface area contributed by atoms with Crippen molar-refractivity contribution >= 4 is 35.7 Å². The Morgan fingerprint density at radius 1 is 0.837 bits per heavy atom. The van der Waals surface area contributed by atoms with E-state index in [9.17, 15) is 24.0 Å². The Hall–Kier alpha value is -4.75. The van der Waals surface area contributed by atoms with Crippen LogP contribution < -0.4 is 10.6 Å². The first kappa shape index (κ1) is 38.7. The first-order valence-electron chi connectivity index (χ1n) is 16.7. The summed E-state index contributed by atoms with van der Waals surface area (Å²) in [5, 5.41) is 5.95. The van der Waals surface area contributed by atoms with Crippen molar-refractivity contribution in [2.24, 2.45) is 0 Å². The summed E-state index contributed by atoms with van der Waals surface area (Å²) in [7, 11) is 0. The van der Waals surface area contributed by atoms with E-state index in [1.165, 1.54) is 11.0 Å². The number of rotatable bonds is 13. The maximum atomic E-state index is 13.8. The van der Waals surface area contributed by atoms with Gasteiger partial charge in [-0.2, -0.15) is 0 Å². The molecule has 3 amide bonds. The van der Waals surface area contributed by atoms with E-state index >= 15 is 0 Å². The van der Waals surface area contributed by atoms with Crippen LogP contribution in [0.4, 0.5) is 10.6 Å². The zero-order valence-corrected chi connectivity index (χ0v) is 29.7. The molecule has 14 heteroatoms. The third kappa shape index (κ3) is 13.3. The molecule has 1 fully saturated rings. The largest absolute Gasteiger partial charge is 0.460 e. The van der Waals surface area contributed by atoms with E-state index in [0.29, 0.717) is 24.3 Å². The van der Waals surface area contributed by atoms with E-state index < -0.39 is 41.1 Å². The summed E-state index contributed by atoms with van der Waals surface area (Å²) >= 11 is 0. The highest BCUT2D eigenvalue weighted by Crippen LogP contribution is 2.19. The van der Waals surface area contributed by atoms with Crippen LogP contribution in [0.3, 0.4) is 0 Å². The van der Waals surface area contributed by atoms with Crippen LogP contribution in [-0.2, 0) is 28.6 Å². The van der Waals surface area contributed by atoms with E-state index in [1.54, 1.807) is 32.6 Å². The Morgan fingerprint density at radius 3 is 2.02 bits per heavy atom. The van der Waals surface area contributed by atoms with Crippen LogP contribution in [0.25, 0.3) is 11.4 Å². The number of carbonyl (C=O) groups excluding carboxylic acids is 5. The minimum atomic E-state index is -1.07. The number of piperazine rings is 1. The van der Waals surface area contributed by atoms with Crippen molar-refractivity contribution in [3.8, 4) is 11.4 Å². The van der Waals surface area contributed by atoms with E-state index in [-0.39, 0.29) is 69.5 Å². The molecule has 1 aromatic carbocycles. The lowest BCUT2D eigenvalue weighted by molar-refractivity contribution is -0.156. The van der Waals surface area contributed by atoms with Gasteiger partial charge in [-0.05, 0) is 61.3 Å². The molecular formula is C35H50N6O8. The number of anilines is 1. The van der Waals surface area contributed by atoms with Gasteiger partial charge in [-0.15, -0.1) is 0 Å². The zero-order valence-electron chi connectivity index (χ0n) is 29.7. The Balaban J connectivity index is 1.80. The molecule has 1 aliphatic heterocycles. The lowest BCUT2D eigenvalue weighted by Crippen LogP contribution is -2.56. The second-order valence-electron chi connectivity index (χ2n) is 13.6. The van der Waals surface area contributed by atoms with Crippen molar-refractivity contribution in [2.45, 2.75) is 91.4 Å². The minimum Gasteiger partial charge on any atom is -0.460 e. The van der Waals surface area contributed by atoms with Crippen molar-refractivity contribution < 1.29 is 38.2 Å². The molecule has 1 atom stereocenters. The van der Waals surface area contributed by atoms with Crippen LogP contribution in [0.2, 0.25) is 0 Å². The summed E-state index contributed by atoms with van der Waals surface area (Å²) in [6.07, 6.45) is 0.0938. The molecule has 0 aliphatic carbocycles. The van der Waals surface area contributed by atoms with Crippen LogP contribution in [0.1, 0.15) is 84.6 Å². The summed E-state index contributed by atoms with van der Waals surface area (Å²) in [5.41, 5.74) is -0.613. The van der Waals surface area contributed by atoms with Crippen LogP contribution in [0, 0.1) is 0 Å². The van der Waals surface area contributed by atoms with Gasteiger partial charge in [0.05, 0.1) is 6.61 Å². The Morgan fingerprint density at radius 2 is 1.43 bits per heavy atom. The van der Waals surface area contributed by atoms with E-state index in [0.717, 1.165) is 0 Å². The topological polar surface area (TPSA) is 169 Å². The SMILES string of the molecule is CCOC(=O)N1CCN(C(=O)C(CCC(=O)OC(C)(C)C)NC(=O)c2cc(NCCCC(=O)OC(C)(C)C)nc(-c3ccccc3)n2)CC1. The van der Waals surface area contributed by atoms with Gasteiger partial charge in [0, 0.05) is 57.2 Å². The second kappa shape index (κ2) is 17.6. The fourth-order valence-corrected chi connectivity index (χ4v) is 4.90. The quantitative estimate of drug-likeness (QED) is 0.176. The van der Waals surface area contributed by atoms with Crippen molar-refractivity contribution in [1.82, 2.24) is 25.1 Å². The molecule has 0 spiro atoms. The maximum Gasteiger partial charge on any atom is 0.409 e. The average Bonchev–Trinajstić information content (AvgIpc) is 3.03. The molecule has 0 bridgehead atoms. The first-order valence-corrected chi connectivity index (χ1v) is 16.7. The van der Waals surface area contributed by atoms with Gasteiger partial charge in [-0.25, -0.2) is 14.8 Å². The number of carbonyl (C=O) groups is 5. The summed E-state index contributed by atoms with van der Waals surface area (Å²) in [6, 6.07) is 9.53. The van der Waals surface area contributed by atoms with Crippen LogP contribution >= 0.6 is 0 Å². The molecule has 14 nitrogen and oxygen atoms in total. The fourth-order valence-electron chi connectivity index (χ4n) is 4.90.